The smallest absolute Gasteiger partial charge is 0.227 e. The Morgan fingerprint density at radius 2 is 1.80 bits per heavy atom. The molecule has 2 amide bonds. The van der Waals surface area contributed by atoms with E-state index in [9.17, 15) is 18.0 Å². The average Bonchev–Trinajstić information content (AvgIpc) is 3.26. The summed E-state index contributed by atoms with van der Waals surface area (Å²) in [6.45, 7) is 3.31. The molecule has 1 N–H and O–H groups in total. The van der Waals surface area contributed by atoms with Gasteiger partial charge in [0.1, 0.15) is 5.75 Å². The highest BCUT2D eigenvalue weighted by Crippen LogP contribution is 2.28. The Morgan fingerprint density at radius 3 is 2.51 bits per heavy atom. The zero-order valence-corrected chi connectivity index (χ0v) is 20.7. The Morgan fingerprint density at radius 1 is 1.06 bits per heavy atom. The number of anilines is 1. The quantitative estimate of drug-likeness (QED) is 0.558. The summed E-state index contributed by atoms with van der Waals surface area (Å²) < 4.78 is 32.3. The number of rotatable bonds is 9. The molecule has 188 valence electrons. The van der Waals surface area contributed by atoms with Gasteiger partial charge in [0.25, 0.3) is 0 Å². The molecule has 1 atom stereocenters. The van der Waals surface area contributed by atoms with E-state index in [0.29, 0.717) is 37.6 Å². The zero-order valence-electron chi connectivity index (χ0n) is 19.9. The van der Waals surface area contributed by atoms with Gasteiger partial charge < -0.3 is 15.0 Å². The molecule has 2 aromatic carbocycles. The van der Waals surface area contributed by atoms with Gasteiger partial charge in [0, 0.05) is 64.0 Å². The van der Waals surface area contributed by atoms with Crippen LogP contribution in [0, 0.1) is 5.92 Å². The first-order valence-electron chi connectivity index (χ1n) is 11.8. The first-order valence-corrected chi connectivity index (χ1v) is 13.4. The number of hydrogen-bond acceptors (Lipinski definition) is 6. The summed E-state index contributed by atoms with van der Waals surface area (Å²) in [7, 11) is -1.91. The first kappa shape index (κ1) is 25.2. The normalized spacial score (nSPS) is 19.6. The number of carbonyl (C=O) groups is 2. The molecule has 0 spiro atoms. The zero-order chi connectivity index (χ0) is 24.8. The molecule has 0 saturated carbocycles. The number of methoxy groups -OCH3 is 1. The molecule has 0 radical (unpaired) electrons. The minimum atomic E-state index is -3.47. The summed E-state index contributed by atoms with van der Waals surface area (Å²) >= 11 is 0. The van der Waals surface area contributed by atoms with Crippen molar-refractivity contribution in [3.05, 3.63) is 60.2 Å². The molecule has 0 aromatic heterocycles. The second-order valence-electron chi connectivity index (χ2n) is 8.87. The Balaban J connectivity index is 1.22. The van der Waals surface area contributed by atoms with Gasteiger partial charge in [-0.05, 0) is 17.7 Å². The predicted molar refractivity (Wildman–Crippen MR) is 134 cm³/mol. The molecule has 2 saturated heterocycles. The lowest BCUT2D eigenvalue weighted by molar-refractivity contribution is -0.126. The van der Waals surface area contributed by atoms with Crippen LogP contribution < -0.4 is 15.0 Å². The molecule has 2 aromatic rings. The number of piperazine rings is 1. The molecule has 1 unspecified atom stereocenters. The fraction of sp³-hybridized carbons (Fsp3) is 0.440. The van der Waals surface area contributed by atoms with Crippen molar-refractivity contribution in [2.45, 2.75) is 13.0 Å². The van der Waals surface area contributed by atoms with Crippen molar-refractivity contribution in [2.75, 3.05) is 57.0 Å². The molecule has 2 aliphatic rings. The average molecular weight is 501 g/mol. The molecule has 4 rings (SSSR count). The van der Waals surface area contributed by atoms with E-state index in [-0.39, 0.29) is 37.1 Å². The van der Waals surface area contributed by atoms with Gasteiger partial charge in [-0.1, -0.05) is 36.4 Å². The van der Waals surface area contributed by atoms with Crippen LogP contribution in [0.25, 0.3) is 0 Å². The van der Waals surface area contributed by atoms with Crippen molar-refractivity contribution in [3.8, 4) is 5.75 Å². The standard InChI is InChI=1S/C25H32N4O5S/c1-34-23-9-5-8-22(17-23)29-19-21(16-24(29)30)25(31)26-10-15-35(32,33)28-13-11-27(12-14-28)18-20-6-3-2-4-7-20/h2-9,17,21H,10-16,18-19H2,1H3,(H,26,31). The van der Waals surface area contributed by atoms with E-state index in [0.717, 1.165) is 6.54 Å². The summed E-state index contributed by atoms with van der Waals surface area (Å²) in [5.74, 6) is -0.476. The predicted octanol–water partition coefficient (Wildman–Crippen LogP) is 1.31. The second-order valence-corrected chi connectivity index (χ2v) is 11.0. The van der Waals surface area contributed by atoms with E-state index < -0.39 is 15.9 Å². The third-order valence-corrected chi connectivity index (χ3v) is 8.37. The molecule has 2 heterocycles. The molecule has 0 bridgehead atoms. The minimum Gasteiger partial charge on any atom is -0.497 e. The maximum atomic E-state index is 12.8. The van der Waals surface area contributed by atoms with Crippen LogP contribution in [0.4, 0.5) is 5.69 Å². The van der Waals surface area contributed by atoms with E-state index in [4.69, 9.17) is 4.74 Å². The Kier molecular flexibility index (Phi) is 8.04. The monoisotopic (exact) mass is 500 g/mol. The Labute approximate surface area is 206 Å². The maximum absolute atomic E-state index is 12.8. The van der Waals surface area contributed by atoms with Gasteiger partial charge >= 0.3 is 0 Å². The number of amides is 2. The molecular weight excluding hydrogens is 468 g/mol. The number of carbonyl (C=O) groups excluding carboxylic acids is 2. The lowest BCUT2D eigenvalue weighted by atomic mass is 10.1. The van der Waals surface area contributed by atoms with Crippen molar-refractivity contribution in [2.24, 2.45) is 5.92 Å². The van der Waals surface area contributed by atoms with Crippen molar-refractivity contribution in [1.82, 2.24) is 14.5 Å². The molecule has 2 aliphatic heterocycles. The van der Waals surface area contributed by atoms with E-state index in [1.807, 2.05) is 18.2 Å². The van der Waals surface area contributed by atoms with E-state index in [2.05, 4.69) is 22.3 Å². The van der Waals surface area contributed by atoms with Crippen molar-refractivity contribution in [3.63, 3.8) is 0 Å². The molecule has 35 heavy (non-hydrogen) atoms. The summed E-state index contributed by atoms with van der Waals surface area (Å²) in [5.41, 5.74) is 1.89. The number of hydrogen-bond donors (Lipinski definition) is 1. The summed E-state index contributed by atoms with van der Waals surface area (Å²) in [5, 5.41) is 2.72. The van der Waals surface area contributed by atoms with Gasteiger partial charge in [-0.3, -0.25) is 14.5 Å². The third-order valence-electron chi connectivity index (χ3n) is 6.49. The van der Waals surface area contributed by atoms with Gasteiger partial charge in [-0.25, -0.2) is 8.42 Å². The van der Waals surface area contributed by atoms with Crippen LogP contribution in [0.2, 0.25) is 0 Å². The van der Waals surface area contributed by atoms with Gasteiger partial charge in [0.2, 0.25) is 21.8 Å². The van der Waals surface area contributed by atoms with Crippen molar-refractivity contribution in [1.29, 1.82) is 0 Å². The minimum absolute atomic E-state index is 0.0231. The third kappa shape index (κ3) is 6.39. The molecular formula is C25H32N4O5S. The second kappa shape index (κ2) is 11.2. The van der Waals surface area contributed by atoms with Gasteiger partial charge in [-0.2, -0.15) is 4.31 Å². The van der Waals surface area contributed by atoms with Crippen LogP contribution in [-0.4, -0.2) is 81.6 Å². The number of ether oxygens (including phenoxy) is 1. The maximum Gasteiger partial charge on any atom is 0.227 e. The highest BCUT2D eigenvalue weighted by molar-refractivity contribution is 7.89. The van der Waals surface area contributed by atoms with Crippen LogP contribution in [0.15, 0.2) is 54.6 Å². The van der Waals surface area contributed by atoms with Gasteiger partial charge in [-0.15, -0.1) is 0 Å². The lowest BCUT2D eigenvalue weighted by Gasteiger charge is -2.34. The van der Waals surface area contributed by atoms with Gasteiger partial charge in [0.05, 0.1) is 18.8 Å². The fourth-order valence-electron chi connectivity index (χ4n) is 4.50. The van der Waals surface area contributed by atoms with Crippen LogP contribution in [0.1, 0.15) is 12.0 Å². The largest absolute Gasteiger partial charge is 0.497 e. The van der Waals surface area contributed by atoms with E-state index in [1.165, 1.54) is 9.87 Å². The number of sulfonamides is 1. The molecule has 2 fully saturated rings. The molecule has 10 heteroatoms. The molecule has 0 aliphatic carbocycles. The van der Waals surface area contributed by atoms with Crippen LogP contribution in [-0.2, 0) is 26.2 Å². The van der Waals surface area contributed by atoms with Crippen molar-refractivity contribution >= 4 is 27.5 Å². The topological polar surface area (TPSA) is 99.3 Å². The SMILES string of the molecule is COc1cccc(N2CC(C(=O)NCCS(=O)(=O)N3CCN(Cc4ccccc4)CC3)CC2=O)c1. The Bertz CT molecular complexity index is 1130. The van der Waals surface area contributed by atoms with E-state index >= 15 is 0 Å². The van der Waals surface area contributed by atoms with E-state index in [1.54, 1.807) is 36.3 Å². The molecule has 9 nitrogen and oxygen atoms in total. The summed E-state index contributed by atoms with van der Waals surface area (Å²) in [6.07, 6.45) is 0.0964. The fourth-order valence-corrected chi connectivity index (χ4v) is 5.83. The first-order chi connectivity index (χ1) is 16.9. The highest BCUT2D eigenvalue weighted by atomic mass is 32.2. The van der Waals surface area contributed by atoms with Crippen LogP contribution in [0.5, 0.6) is 5.75 Å². The lowest BCUT2D eigenvalue weighted by Crippen LogP contribution is -2.49. The number of benzene rings is 2. The Hall–Kier alpha value is -2.95. The number of nitrogens with one attached hydrogen (secondary N) is 1. The van der Waals surface area contributed by atoms with Crippen LogP contribution >= 0.6 is 0 Å². The summed E-state index contributed by atoms with van der Waals surface area (Å²) in [4.78, 5) is 28.9. The van der Waals surface area contributed by atoms with Gasteiger partial charge in [0.15, 0.2) is 0 Å². The van der Waals surface area contributed by atoms with Crippen LogP contribution in [0.3, 0.4) is 0 Å². The van der Waals surface area contributed by atoms with Crippen molar-refractivity contribution < 1.29 is 22.7 Å². The number of nitrogens with zero attached hydrogens (tertiary/aromatic N) is 3. The summed E-state index contributed by atoms with van der Waals surface area (Å²) in [6, 6.07) is 17.3. The highest BCUT2D eigenvalue weighted by Gasteiger charge is 2.35.